The molecule has 6 nitrogen and oxygen atoms in total. The van der Waals surface area contributed by atoms with E-state index in [4.69, 9.17) is 4.74 Å². The number of aromatic nitrogens is 2. The van der Waals surface area contributed by atoms with Gasteiger partial charge < -0.3 is 10.1 Å². The Morgan fingerprint density at radius 2 is 2.16 bits per heavy atom. The number of aryl methyl sites for hydroxylation is 2. The van der Waals surface area contributed by atoms with Crippen LogP contribution in [0.4, 0.5) is 0 Å². The largest absolute Gasteiger partial charge is 0.377 e. The minimum absolute atomic E-state index is 0.116. The summed E-state index contributed by atoms with van der Waals surface area (Å²) < 4.78 is 7.93. The number of halogens is 1. The average Bonchev–Trinajstić information content (AvgIpc) is 3.23. The SMILES string of the molecule is O=C(NC1COCC1n1nc2c(cc1=O)CCCC2)c1cc(Br)cs1. The molecule has 0 spiro atoms. The maximum Gasteiger partial charge on any atom is 0.267 e. The smallest absolute Gasteiger partial charge is 0.267 e. The quantitative estimate of drug-likeness (QED) is 0.821. The summed E-state index contributed by atoms with van der Waals surface area (Å²) >= 11 is 4.73. The monoisotopic (exact) mass is 423 g/mol. The molecule has 1 N–H and O–H groups in total. The van der Waals surface area contributed by atoms with Crippen molar-refractivity contribution in [2.24, 2.45) is 0 Å². The van der Waals surface area contributed by atoms with E-state index in [2.05, 4.69) is 26.3 Å². The van der Waals surface area contributed by atoms with E-state index in [9.17, 15) is 9.59 Å². The molecule has 0 radical (unpaired) electrons. The zero-order valence-electron chi connectivity index (χ0n) is 13.5. The van der Waals surface area contributed by atoms with Crippen molar-refractivity contribution in [3.63, 3.8) is 0 Å². The predicted molar refractivity (Wildman–Crippen MR) is 98.3 cm³/mol. The first-order chi connectivity index (χ1) is 12.1. The van der Waals surface area contributed by atoms with E-state index < -0.39 is 0 Å². The molecule has 2 unspecified atom stereocenters. The summed E-state index contributed by atoms with van der Waals surface area (Å²) in [7, 11) is 0. The summed E-state index contributed by atoms with van der Waals surface area (Å²) in [4.78, 5) is 25.6. The maximum atomic E-state index is 12.5. The fourth-order valence-corrected chi connectivity index (χ4v) is 4.74. The molecule has 0 bridgehead atoms. The molecule has 0 aromatic carbocycles. The van der Waals surface area contributed by atoms with E-state index in [1.807, 2.05) is 5.38 Å². The van der Waals surface area contributed by atoms with Gasteiger partial charge in [0.05, 0.1) is 29.8 Å². The lowest BCUT2D eigenvalue weighted by molar-refractivity contribution is 0.0928. The number of thiophene rings is 1. The van der Waals surface area contributed by atoms with Crippen molar-refractivity contribution in [1.29, 1.82) is 0 Å². The molecule has 1 fully saturated rings. The zero-order valence-corrected chi connectivity index (χ0v) is 15.9. The summed E-state index contributed by atoms with van der Waals surface area (Å²) in [5, 5.41) is 9.46. The van der Waals surface area contributed by atoms with Gasteiger partial charge in [0.1, 0.15) is 6.04 Å². The molecule has 0 saturated carbocycles. The summed E-state index contributed by atoms with van der Waals surface area (Å²) in [6.07, 6.45) is 4.04. The number of carbonyl (C=O) groups excluding carboxylic acids is 1. The number of hydrogen-bond donors (Lipinski definition) is 1. The second-order valence-electron chi connectivity index (χ2n) is 6.42. The number of nitrogens with one attached hydrogen (secondary N) is 1. The van der Waals surface area contributed by atoms with Crippen molar-refractivity contribution in [2.45, 2.75) is 37.8 Å². The number of ether oxygens (including phenoxy) is 1. The summed E-state index contributed by atoms with van der Waals surface area (Å²) in [5.41, 5.74) is 1.95. The Morgan fingerprint density at radius 3 is 2.96 bits per heavy atom. The van der Waals surface area contributed by atoms with E-state index in [1.54, 1.807) is 12.1 Å². The molecule has 2 aromatic heterocycles. The minimum Gasteiger partial charge on any atom is -0.377 e. The van der Waals surface area contributed by atoms with Gasteiger partial charge in [0.25, 0.3) is 11.5 Å². The average molecular weight is 424 g/mol. The molecule has 1 amide bonds. The molecular weight excluding hydrogens is 406 g/mol. The van der Waals surface area contributed by atoms with Gasteiger partial charge >= 0.3 is 0 Å². The third-order valence-corrected chi connectivity index (χ3v) is 6.39. The number of carbonyl (C=O) groups is 1. The van der Waals surface area contributed by atoms with Gasteiger partial charge in [-0.3, -0.25) is 9.59 Å². The normalized spacial score (nSPS) is 22.6. The van der Waals surface area contributed by atoms with Crippen molar-refractivity contribution in [3.05, 3.63) is 48.5 Å². The first kappa shape index (κ1) is 16.9. The van der Waals surface area contributed by atoms with Gasteiger partial charge in [-0.25, -0.2) is 4.68 Å². The number of amides is 1. The highest BCUT2D eigenvalue weighted by Gasteiger charge is 2.33. The molecule has 8 heteroatoms. The van der Waals surface area contributed by atoms with E-state index in [0.717, 1.165) is 41.4 Å². The van der Waals surface area contributed by atoms with Gasteiger partial charge in [-0.2, -0.15) is 5.10 Å². The molecule has 2 aromatic rings. The third kappa shape index (κ3) is 3.43. The van der Waals surface area contributed by atoms with E-state index >= 15 is 0 Å². The van der Waals surface area contributed by atoms with Gasteiger partial charge in [0.15, 0.2) is 0 Å². The standard InChI is InChI=1S/C17H18BrN3O3S/c18-11-6-15(25-9-11)17(23)19-13-7-24-8-14(13)21-16(22)5-10-3-1-2-4-12(10)20-21/h5-6,9,13-14H,1-4,7-8H2,(H,19,23). The molecule has 4 rings (SSSR count). The van der Waals surface area contributed by atoms with Crippen LogP contribution in [0.3, 0.4) is 0 Å². The van der Waals surface area contributed by atoms with Gasteiger partial charge in [-0.05, 0) is 53.2 Å². The van der Waals surface area contributed by atoms with Crippen molar-refractivity contribution >= 4 is 33.2 Å². The molecule has 1 aliphatic carbocycles. The number of rotatable bonds is 3. The van der Waals surface area contributed by atoms with Crippen LogP contribution in [0.5, 0.6) is 0 Å². The van der Waals surface area contributed by atoms with Crippen LogP contribution in [-0.4, -0.2) is 34.9 Å². The van der Waals surface area contributed by atoms with Crippen LogP contribution < -0.4 is 10.9 Å². The summed E-state index contributed by atoms with van der Waals surface area (Å²) in [6.45, 7) is 0.763. The molecule has 1 saturated heterocycles. The van der Waals surface area contributed by atoms with E-state index in [1.165, 1.54) is 16.0 Å². The first-order valence-electron chi connectivity index (χ1n) is 8.36. The lowest BCUT2D eigenvalue weighted by atomic mass is 9.97. The molecule has 132 valence electrons. The lowest BCUT2D eigenvalue weighted by Gasteiger charge is -2.22. The fourth-order valence-electron chi connectivity index (χ4n) is 3.41. The Morgan fingerprint density at radius 1 is 1.32 bits per heavy atom. The minimum atomic E-state index is -0.271. The summed E-state index contributed by atoms with van der Waals surface area (Å²) in [5.74, 6) is -0.151. The molecule has 2 atom stereocenters. The van der Waals surface area contributed by atoms with E-state index in [-0.39, 0.29) is 23.6 Å². The highest BCUT2D eigenvalue weighted by atomic mass is 79.9. The van der Waals surface area contributed by atoms with Gasteiger partial charge in [-0.1, -0.05) is 0 Å². The van der Waals surface area contributed by atoms with Crippen LogP contribution in [0.2, 0.25) is 0 Å². The Bertz CT molecular complexity index is 863. The van der Waals surface area contributed by atoms with Crippen molar-refractivity contribution in [3.8, 4) is 0 Å². The Labute approximate surface area is 157 Å². The van der Waals surface area contributed by atoms with Gasteiger partial charge in [-0.15, -0.1) is 11.3 Å². The predicted octanol–water partition coefficient (Wildman–Crippen LogP) is 2.32. The Balaban J connectivity index is 1.57. The molecule has 1 aliphatic heterocycles. The zero-order chi connectivity index (χ0) is 17.4. The van der Waals surface area contributed by atoms with Crippen LogP contribution in [0.15, 0.2) is 26.8 Å². The molecule has 3 heterocycles. The van der Waals surface area contributed by atoms with Crippen molar-refractivity contribution in [2.75, 3.05) is 13.2 Å². The summed E-state index contributed by atoms with van der Waals surface area (Å²) in [6, 6.07) is 2.95. The van der Waals surface area contributed by atoms with E-state index in [0.29, 0.717) is 18.1 Å². The lowest BCUT2D eigenvalue weighted by Crippen LogP contribution is -2.44. The van der Waals surface area contributed by atoms with Crippen LogP contribution in [-0.2, 0) is 17.6 Å². The number of fused-ring (bicyclic) bond motifs is 1. The highest BCUT2D eigenvalue weighted by Crippen LogP contribution is 2.23. The van der Waals surface area contributed by atoms with Crippen LogP contribution >= 0.6 is 27.3 Å². The van der Waals surface area contributed by atoms with Crippen molar-refractivity contribution in [1.82, 2.24) is 15.1 Å². The number of nitrogens with zero attached hydrogens (tertiary/aromatic N) is 2. The van der Waals surface area contributed by atoms with Crippen LogP contribution in [0, 0.1) is 0 Å². The van der Waals surface area contributed by atoms with Crippen LogP contribution in [0.25, 0.3) is 0 Å². The highest BCUT2D eigenvalue weighted by molar-refractivity contribution is 9.10. The Kier molecular flexibility index (Phi) is 4.75. The van der Waals surface area contributed by atoms with Crippen molar-refractivity contribution < 1.29 is 9.53 Å². The third-order valence-electron chi connectivity index (χ3n) is 4.70. The number of hydrogen-bond acceptors (Lipinski definition) is 5. The fraction of sp³-hybridized carbons (Fsp3) is 0.471. The first-order valence-corrected chi connectivity index (χ1v) is 10.0. The second-order valence-corrected chi connectivity index (χ2v) is 8.25. The molecule has 25 heavy (non-hydrogen) atoms. The topological polar surface area (TPSA) is 73.2 Å². The molecular formula is C17H18BrN3O3S. The van der Waals surface area contributed by atoms with Gasteiger partial charge in [0, 0.05) is 15.9 Å². The molecule has 2 aliphatic rings. The van der Waals surface area contributed by atoms with Crippen LogP contribution in [0.1, 0.15) is 39.8 Å². The Hall–Kier alpha value is -1.51. The second kappa shape index (κ2) is 7.01. The maximum absolute atomic E-state index is 12.5. The van der Waals surface area contributed by atoms with Gasteiger partial charge in [0.2, 0.25) is 0 Å².